The van der Waals surface area contributed by atoms with Crippen molar-refractivity contribution in [2.24, 2.45) is 5.84 Å². The molecule has 8 heteroatoms. The molecule has 0 aromatic heterocycles. The monoisotopic (exact) mass is 372 g/mol. The minimum Gasteiger partial charge on any atom is -0.271 e. The SMILES string of the molecule is CC(C)(C(NN)c1ccc(Br)c(Cl)c1F)S(C)(=O)=O. The highest BCUT2D eigenvalue weighted by Crippen LogP contribution is 2.37. The van der Waals surface area contributed by atoms with E-state index in [0.717, 1.165) is 6.26 Å². The van der Waals surface area contributed by atoms with Crippen molar-refractivity contribution >= 4 is 37.4 Å². The van der Waals surface area contributed by atoms with E-state index in [-0.39, 0.29) is 10.6 Å². The molecule has 1 unspecified atom stereocenters. The van der Waals surface area contributed by atoms with Crippen molar-refractivity contribution in [1.82, 2.24) is 5.43 Å². The first-order chi connectivity index (χ1) is 8.54. The molecule has 0 spiro atoms. The number of hydrogen-bond acceptors (Lipinski definition) is 4. The fourth-order valence-corrected chi connectivity index (χ4v) is 2.74. The summed E-state index contributed by atoms with van der Waals surface area (Å²) < 4.78 is 36.9. The molecule has 1 aromatic rings. The highest BCUT2D eigenvalue weighted by molar-refractivity contribution is 9.10. The molecule has 3 N–H and O–H groups in total. The van der Waals surface area contributed by atoms with Crippen LogP contribution in [0.5, 0.6) is 0 Å². The van der Waals surface area contributed by atoms with Gasteiger partial charge in [0.2, 0.25) is 0 Å². The third kappa shape index (κ3) is 3.11. The Morgan fingerprint density at radius 3 is 2.42 bits per heavy atom. The molecular weight excluding hydrogens is 359 g/mol. The number of hydrazine groups is 1. The molecule has 0 radical (unpaired) electrons. The average molecular weight is 374 g/mol. The molecule has 4 nitrogen and oxygen atoms in total. The lowest BCUT2D eigenvalue weighted by Crippen LogP contribution is -2.47. The second-order valence-electron chi connectivity index (χ2n) is 4.74. The Balaban J connectivity index is 3.46. The van der Waals surface area contributed by atoms with Crippen molar-refractivity contribution in [3.63, 3.8) is 0 Å². The van der Waals surface area contributed by atoms with Gasteiger partial charge in [0.15, 0.2) is 9.84 Å². The molecule has 0 fully saturated rings. The van der Waals surface area contributed by atoms with Crippen LogP contribution in [-0.2, 0) is 9.84 Å². The first kappa shape index (κ1) is 16.8. The van der Waals surface area contributed by atoms with E-state index in [1.807, 2.05) is 0 Å². The zero-order chi connectivity index (χ0) is 15.0. The molecule has 0 amide bonds. The van der Waals surface area contributed by atoms with E-state index in [9.17, 15) is 12.8 Å². The second kappa shape index (κ2) is 5.65. The lowest BCUT2D eigenvalue weighted by atomic mass is 9.95. The Morgan fingerprint density at radius 1 is 1.47 bits per heavy atom. The standard InChI is InChI=1S/C11H15BrClFN2O2S/c1-11(2,19(3,17)18)10(16-15)6-4-5-7(12)8(13)9(6)14/h4-5,10,16H,15H2,1-3H3. The topological polar surface area (TPSA) is 72.2 Å². The highest BCUT2D eigenvalue weighted by Gasteiger charge is 2.41. The van der Waals surface area contributed by atoms with Gasteiger partial charge in [0.25, 0.3) is 0 Å². The van der Waals surface area contributed by atoms with Gasteiger partial charge in [0, 0.05) is 16.3 Å². The van der Waals surface area contributed by atoms with Gasteiger partial charge in [0.1, 0.15) is 5.82 Å². The van der Waals surface area contributed by atoms with Gasteiger partial charge < -0.3 is 0 Å². The van der Waals surface area contributed by atoms with Crippen molar-refractivity contribution < 1.29 is 12.8 Å². The smallest absolute Gasteiger partial charge is 0.154 e. The van der Waals surface area contributed by atoms with Crippen molar-refractivity contribution in [2.75, 3.05) is 6.26 Å². The quantitative estimate of drug-likeness (QED) is 0.483. The van der Waals surface area contributed by atoms with E-state index in [2.05, 4.69) is 21.4 Å². The van der Waals surface area contributed by atoms with E-state index in [1.54, 1.807) is 6.07 Å². The zero-order valence-corrected chi connectivity index (χ0v) is 13.8. The number of hydrogen-bond donors (Lipinski definition) is 2. The van der Waals surface area contributed by atoms with E-state index >= 15 is 0 Å². The van der Waals surface area contributed by atoms with Crippen molar-refractivity contribution in [2.45, 2.75) is 24.6 Å². The van der Waals surface area contributed by atoms with E-state index < -0.39 is 26.4 Å². The predicted molar refractivity (Wildman–Crippen MR) is 78.1 cm³/mol. The Morgan fingerprint density at radius 2 is 2.00 bits per heavy atom. The first-order valence-electron chi connectivity index (χ1n) is 5.33. The van der Waals surface area contributed by atoms with Gasteiger partial charge in [-0.1, -0.05) is 17.7 Å². The van der Waals surface area contributed by atoms with Gasteiger partial charge in [-0.2, -0.15) is 0 Å². The summed E-state index contributed by atoms with van der Waals surface area (Å²) in [4.78, 5) is 0. The van der Waals surface area contributed by atoms with Crippen LogP contribution in [0.2, 0.25) is 5.02 Å². The lowest BCUT2D eigenvalue weighted by molar-refractivity contribution is 0.413. The third-order valence-electron chi connectivity index (χ3n) is 3.19. The molecule has 19 heavy (non-hydrogen) atoms. The van der Waals surface area contributed by atoms with Gasteiger partial charge in [0.05, 0.1) is 15.8 Å². The molecule has 0 heterocycles. The minimum atomic E-state index is -3.47. The van der Waals surface area contributed by atoms with E-state index in [4.69, 9.17) is 17.4 Å². The Hall–Kier alpha value is -0.210. The summed E-state index contributed by atoms with van der Waals surface area (Å²) in [6, 6.07) is 2.07. The fraction of sp³-hybridized carbons (Fsp3) is 0.455. The van der Waals surface area contributed by atoms with Crippen molar-refractivity contribution in [1.29, 1.82) is 0 Å². The summed E-state index contributed by atoms with van der Waals surface area (Å²) >= 11 is 8.91. The van der Waals surface area contributed by atoms with E-state index in [1.165, 1.54) is 19.9 Å². The molecule has 0 aliphatic rings. The van der Waals surface area contributed by atoms with Crippen LogP contribution in [0.15, 0.2) is 16.6 Å². The minimum absolute atomic E-state index is 0.103. The molecule has 1 aromatic carbocycles. The van der Waals surface area contributed by atoms with Gasteiger partial charge in [-0.15, -0.1) is 0 Å². The summed E-state index contributed by atoms with van der Waals surface area (Å²) in [5, 5.41) is -0.109. The molecular formula is C11H15BrClFN2O2S. The largest absolute Gasteiger partial charge is 0.271 e. The fourth-order valence-electron chi connectivity index (χ4n) is 1.64. The summed E-state index contributed by atoms with van der Waals surface area (Å²) in [6.45, 7) is 2.95. The first-order valence-corrected chi connectivity index (χ1v) is 8.39. The maximum atomic E-state index is 14.2. The average Bonchev–Trinajstić information content (AvgIpc) is 2.28. The summed E-state index contributed by atoms with van der Waals surface area (Å²) in [6.07, 6.45) is 1.08. The van der Waals surface area contributed by atoms with Gasteiger partial charge >= 0.3 is 0 Å². The van der Waals surface area contributed by atoms with Crippen LogP contribution in [0, 0.1) is 5.82 Å². The Kier molecular flexibility index (Phi) is 5.01. The highest BCUT2D eigenvalue weighted by atomic mass is 79.9. The van der Waals surface area contributed by atoms with E-state index in [0.29, 0.717) is 4.47 Å². The predicted octanol–water partition coefficient (Wildman–Crippen LogP) is 2.57. The van der Waals surface area contributed by atoms with Gasteiger partial charge in [-0.25, -0.2) is 12.8 Å². The summed E-state index contributed by atoms with van der Waals surface area (Å²) in [5.74, 6) is 4.71. The van der Waals surface area contributed by atoms with Crippen LogP contribution < -0.4 is 11.3 Å². The zero-order valence-electron chi connectivity index (χ0n) is 10.7. The molecule has 108 valence electrons. The molecule has 0 aliphatic heterocycles. The van der Waals surface area contributed by atoms with Crippen LogP contribution in [0.3, 0.4) is 0 Å². The third-order valence-corrected chi connectivity index (χ3v) is 6.60. The number of nitrogens with one attached hydrogen (secondary N) is 1. The van der Waals surface area contributed by atoms with Gasteiger partial charge in [-0.05, 0) is 35.8 Å². The number of nitrogens with two attached hydrogens (primary N) is 1. The lowest BCUT2D eigenvalue weighted by Gasteiger charge is -2.32. The molecule has 0 saturated carbocycles. The number of rotatable bonds is 4. The van der Waals surface area contributed by atoms with Crippen LogP contribution in [0.25, 0.3) is 0 Å². The maximum Gasteiger partial charge on any atom is 0.154 e. The Bertz CT molecular complexity index is 593. The van der Waals surface area contributed by atoms with Crippen LogP contribution in [0.4, 0.5) is 4.39 Å². The second-order valence-corrected chi connectivity index (χ2v) is 8.57. The van der Waals surface area contributed by atoms with Crippen LogP contribution in [-0.4, -0.2) is 19.4 Å². The number of sulfone groups is 1. The summed E-state index contributed by atoms with van der Waals surface area (Å²) in [7, 11) is -3.47. The molecule has 1 atom stereocenters. The normalized spacial score (nSPS) is 14.5. The van der Waals surface area contributed by atoms with Crippen molar-refractivity contribution in [3.05, 3.63) is 33.0 Å². The van der Waals surface area contributed by atoms with Gasteiger partial charge in [-0.3, -0.25) is 11.3 Å². The van der Waals surface area contributed by atoms with Crippen LogP contribution >= 0.6 is 27.5 Å². The molecule has 1 rings (SSSR count). The molecule has 0 aliphatic carbocycles. The van der Waals surface area contributed by atoms with Crippen LogP contribution in [0.1, 0.15) is 25.5 Å². The number of benzene rings is 1. The molecule has 0 saturated heterocycles. The maximum absolute atomic E-state index is 14.2. The molecule has 0 bridgehead atoms. The van der Waals surface area contributed by atoms with Crippen molar-refractivity contribution in [3.8, 4) is 0 Å². The number of halogens is 3. The summed E-state index contributed by atoms with van der Waals surface area (Å²) in [5.41, 5.74) is 2.46. The Labute approximate surface area is 125 Å².